The quantitative estimate of drug-likeness (QED) is 0.788. The molecule has 1 aliphatic rings. The molecule has 0 unspecified atom stereocenters. The Hall–Kier alpha value is -2.08. The predicted molar refractivity (Wildman–Crippen MR) is 82.2 cm³/mol. The molecule has 3 aromatic rings. The molecule has 0 saturated heterocycles. The minimum atomic E-state index is -0.358. The fourth-order valence-electron chi connectivity index (χ4n) is 2.80. The second-order valence-corrected chi connectivity index (χ2v) is 6.13. The molecule has 0 aromatic carbocycles. The lowest BCUT2D eigenvalue weighted by molar-refractivity contribution is 0.621. The molecule has 0 spiro atoms. The van der Waals surface area contributed by atoms with Gasteiger partial charge in [-0.3, -0.25) is 0 Å². The van der Waals surface area contributed by atoms with E-state index in [1.54, 1.807) is 17.4 Å². The predicted octanol–water partition coefficient (Wildman–Crippen LogP) is 3.42. The molecule has 3 aromatic heterocycles. The van der Waals surface area contributed by atoms with Crippen LogP contribution in [-0.4, -0.2) is 22.0 Å². The van der Waals surface area contributed by atoms with Gasteiger partial charge in [0.15, 0.2) is 5.82 Å². The molecule has 0 amide bonds. The highest BCUT2D eigenvalue weighted by Gasteiger charge is 2.22. The molecule has 6 heteroatoms. The third-order valence-electron chi connectivity index (χ3n) is 3.76. The number of hydrogen-bond acceptors (Lipinski definition) is 5. The van der Waals surface area contributed by atoms with Crippen LogP contribution < -0.4 is 5.32 Å². The molecule has 21 heavy (non-hydrogen) atoms. The van der Waals surface area contributed by atoms with Gasteiger partial charge in [-0.05, 0) is 37.0 Å². The summed E-state index contributed by atoms with van der Waals surface area (Å²) >= 11 is 1.73. The molecule has 0 radical (unpaired) electrons. The zero-order valence-electron chi connectivity index (χ0n) is 11.5. The van der Waals surface area contributed by atoms with Crippen LogP contribution in [0.15, 0.2) is 18.3 Å². The Morgan fingerprint density at radius 2 is 2.14 bits per heavy atom. The highest BCUT2D eigenvalue weighted by atomic mass is 32.1. The topological polar surface area (TPSA) is 50.7 Å². The average Bonchev–Trinajstić information content (AvgIpc) is 3.07. The van der Waals surface area contributed by atoms with Crippen LogP contribution >= 0.6 is 11.3 Å². The fraction of sp³-hybridized carbons (Fsp3) is 0.267. The Bertz CT molecular complexity index is 826. The second kappa shape index (κ2) is 4.73. The van der Waals surface area contributed by atoms with Crippen LogP contribution in [0.2, 0.25) is 0 Å². The number of hydrogen-bond donors (Lipinski definition) is 1. The Labute approximate surface area is 125 Å². The molecule has 0 saturated carbocycles. The summed E-state index contributed by atoms with van der Waals surface area (Å²) in [5.41, 5.74) is 1.97. The largest absolute Gasteiger partial charge is 0.372 e. The number of rotatable bonds is 2. The smallest absolute Gasteiger partial charge is 0.181 e. The standard InChI is InChI=1S/C15H13FN4S/c1-17-14-12-9-3-2-4-11(9)21-15(12)20-13(19-14)10-6-5-8(16)7-18-10/h5-7H,2-4H2,1H3,(H,17,19,20). The highest BCUT2D eigenvalue weighted by Crippen LogP contribution is 2.40. The number of pyridine rings is 1. The fourth-order valence-corrected chi connectivity index (χ4v) is 4.06. The van der Waals surface area contributed by atoms with E-state index in [1.807, 2.05) is 7.05 Å². The van der Waals surface area contributed by atoms with Crippen molar-refractivity contribution in [2.45, 2.75) is 19.3 Å². The number of anilines is 1. The third kappa shape index (κ3) is 1.98. The van der Waals surface area contributed by atoms with Gasteiger partial charge in [-0.25, -0.2) is 19.3 Å². The van der Waals surface area contributed by atoms with Crippen molar-refractivity contribution >= 4 is 27.4 Å². The minimum absolute atomic E-state index is 0.358. The molecule has 0 fully saturated rings. The van der Waals surface area contributed by atoms with Crippen LogP contribution in [0.1, 0.15) is 16.9 Å². The van der Waals surface area contributed by atoms with Gasteiger partial charge in [0.1, 0.15) is 22.2 Å². The maximum atomic E-state index is 13.0. The van der Waals surface area contributed by atoms with Crippen LogP contribution in [-0.2, 0) is 12.8 Å². The zero-order valence-corrected chi connectivity index (χ0v) is 12.3. The van der Waals surface area contributed by atoms with Crippen molar-refractivity contribution in [2.24, 2.45) is 0 Å². The number of nitrogens with one attached hydrogen (secondary N) is 1. The van der Waals surface area contributed by atoms with Gasteiger partial charge in [0.05, 0.1) is 11.6 Å². The van der Waals surface area contributed by atoms with Gasteiger partial charge >= 0.3 is 0 Å². The van der Waals surface area contributed by atoms with E-state index in [4.69, 9.17) is 0 Å². The number of aryl methyl sites for hydroxylation is 2. The normalized spacial score (nSPS) is 13.6. The van der Waals surface area contributed by atoms with Gasteiger partial charge < -0.3 is 5.32 Å². The molecular formula is C15H13FN4S. The summed E-state index contributed by atoms with van der Waals surface area (Å²) < 4.78 is 13.0. The van der Waals surface area contributed by atoms with Crippen LogP contribution in [0.25, 0.3) is 21.7 Å². The molecule has 106 valence electrons. The first-order valence-corrected chi connectivity index (χ1v) is 7.70. The summed E-state index contributed by atoms with van der Waals surface area (Å²) in [6.07, 6.45) is 4.63. The summed E-state index contributed by atoms with van der Waals surface area (Å²) in [6, 6.07) is 2.99. The molecule has 4 rings (SSSR count). The molecule has 0 aliphatic heterocycles. The molecular weight excluding hydrogens is 287 g/mol. The van der Waals surface area contributed by atoms with E-state index in [2.05, 4.69) is 20.3 Å². The van der Waals surface area contributed by atoms with Gasteiger partial charge in [-0.15, -0.1) is 11.3 Å². The van der Waals surface area contributed by atoms with E-state index in [0.29, 0.717) is 11.5 Å². The van der Waals surface area contributed by atoms with Crippen LogP contribution in [0.4, 0.5) is 10.2 Å². The number of thiophene rings is 1. The zero-order chi connectivity index (χ0) is 14.4. The minimum Gasteiger partial charge on any atom is -0.372 e. The first kappa shape index (κ1) is 12.6. The van der Waals surface area contributed by atoms with Gasteiger partial charge in [0, 0.05) is 11.9 Å². The van der Waals surface area contributed by atoms with Crippen LogP contribution in [0.3, 0.4) is 0 Å². The monoisotopic (exact) mass is 300 g/mol. The first-order chi connectivity index (χ1) is 10.3. The second-order valence-electron chi connectivity index (χ2n) is 5.04. The van der Waals surface area contributed by atoms with Crippen molar-refractivity contribution in [1.82, 2.24) is 15.0 Å². The van der Waals surface area contributed by atoms with E-state index in [-0.39, 0.29) is 5.82 Å². The molecule has 3 heterocycles. The summed E-state index contributed by atoms with van der Waals surface area (Å²) in [6.45, 7) is 0. The molecule has 4 nitrogen and oxygen atoms in total. The maximum Gasteiger partial charge on any atom is 0.181 e. The summed E-state index contributed by atoms with van der Waals surface area (Å²) in [4.78, 5) is 15.7. The Kier molecular flexibility index (Phi) is 2.85. The summed E-state index contributed by atoms with van der Waals surface area (Å²) in [5, 5.41) is 4.30. The van der Waals surface area contributed by atoms with E-state index >= 15 is 0 Å². The lowest BCUT2D eigenvalue weighted by Crippen LogP contribution is -1.99. The van der Waals surface area contributed by atoms with Crippen molar-refractivity contribution in [3.63, 3.8) is 0 Å². The number of halogens is 1. The van der Waals surface area contributed by atoms with Crippen molar-refractivity contribution in [1.29, 1.82) is 0 Å². The summed E-state index contributed by atoms with van der Waals surface area (Å²) in [5.74, 6) is 1.01. The lowest BCUT2D eigenvalue weighted by Gasteiger charge is -2.06. The van der Waals surface area contributed by atoms with E-state index in [1.165, 1.54) is 29.1 Å². The highest BCUT2D eigenvalue weighted by molar-refractivity contribution is 7.19. The van der Waals surface area contributed by atoms with Crippen molar-refractivity contribution in [3.8, 4) is 11.5 Å². The number of nitrogens with zero attached hydrogens (tertiary/aromatic N) is 3. The van der Waals surface area contributed by atoms with E-state index in [0.717, 1.165) is 28.9 Å². The molecule has 0 atom stereocenters. The maximum absolute atomic E-state index is 13.0. The van der Waals surface area contributed by atoms with Crippen molar-refractivity contribution in [3.05, 3.63) is 34.6 Å². The molecule has 1 N–H and O–H groups in total. The summed E-state index contributed by atoms with van der Waals surface area (Å²) in [7, 11) is 1.86. The Balaban J connectivity index is 1.94. The van der Waals surface area contributed by atoms with Gasteiger partial charge in [0.25, 0.3) is 0 Å². The van der Waals surface area contributed by atoms with Gasteiger partial charge in [-0.2, -0.15) is 0 Å². The SMILES string of the molecule is CNc1nc(-c2ccc(F)cn2)nc2sc3c(c12)CCC3. The molecule has 1 aliphatic carbocycles. The first-order valence-electron chi connectivity index (χ1n) is 6.88. The molecule has 0 bridgehead atoms. The number of aromatic nitrogens is 3. The van der Waals surface area contributed by atoms with E-state index in [9.17, 15) is 4.39 Å². The Morgan fingerprint density at radius 3 is 2.90 bits per heavy atom. The lowest BCUT2D eigenvalue weighted by atomic mass is 10.2. The van der Waals surface area contributed by atoms with Gasteiger partial charge in [0.2, 0.25) is 0 Å². The Morgan fingerprint density at radius 1 is 1.24 bits per heavy atom. The third-order valence-corrected chi connectivity index (χ3v) is 4.94. The average molecular weight is 300 g/mol. The van der Waals surface area contributed by atoms with Gasteiger partial charge in [-0.1, -0.05) is 0 Å². The van der Waals surface area contributed by atoms with Crippen LogP contribution in [0.5, 0.6) is 0 Å². The van der Waals surface area contributed by atoms with E-state index < -0.39 is 0 Å². The van der Waals surface area contributed by atoms with Crippen LogP contribution in [0, 0.1) is 5.82 Å². The van der Waals surface area contributed by atoms with Crippen molar-refractivity contribution < 1.29 is 4.39 Å². The van der Waals surface area contributed by atoms with Crippen molar-refractivity contribution in [2.75, 3.05) is 12.4 Å². The number of fused-ring (bicyclic) bond motifs is 3.